The highest BCUT2D eigenvalue weighted by molar-refractivity contribution is 6.30. The number of esters is 1. The molecule has 0 atom stereocenters. The van der Waals surface area contributed by atoms with E-state index in [1.807, 2.05) is 0 Å². The second-order valence-corrected chi connectivity index (χ2v) is 6.73. The van der Waals surface area contributed by atoms with E-state index in [1.165, 1.54) is 30.5 Å². The molecule has 3 rings (SSSR count). The summed E-state index contributed by atoms with van der Waals surface area (Å²) in [5.41, 5.74) is 3.06. The van der Waals surface area contributed by atoms with Crippen molar-refractivity contribution in [3.63, 3.8) is 0 Å². The Bertz CT molecular complexity index is 1130. The molecule has 0 radical (unpaired) electrons. The summed E-state index contributed by atoms with van der Waals surface area (Å²) < 4.78 is 10.5. The highest BCUT2D eigenvalue weighted by Crippen LogP contribution is 2.17. The average molecular weight is 454 g/mol. The standard InChI is InChI=1S/C22H16ClN3O6/c23-17-5-11-19(12-6-17)31-14-21(27)25-24-13-15-1-9-20(10-2-15)32-22(28)16-3-7-18(8-4-16)26(29)30/h1-13H,14H2,(H,25,27)/b24-13-. The van der Waals surface area contributed by atoms with E-state index in [2.05, 4.69) is 10.5 Å². The van der Waals surface area contributed by atoms with Gasteiger partial charge in [0.2, 0.25) is 0 Å². The largest absolute Gasteiger partial charge is 0.484 e. The number of amides is 1. The van der Waals surface area contributed by atoms with E-state index < -0.39 is 16.8 Å². The first-order chi connectivity index (χ1) is 15.4. The van der Waals surface area contributed by atoms with Gasteiger partial charge in [0.1, 0.15) is 11.5 Å². The molecule has 0 spiro atoms. The van der Waals surface area contributed by atoms with Gasteiger partial charge >= 0.3 is 5.97 Å². The summed E-state index contributed by atoms with van der Waals surface area (Å²) in [5, 5.41) is 15.1. The van der Waals surface area contributed by atoms with Crippen molar-refractivity contribution in [1.29, 1.82) is 0 Å². The number of non-ortho nitro benzene ring substituents is 1. The Kier molecular flexibility index (Phi) is 7.50. The number of hydrogen-bond acceptors (Lipinski definition) is 7. The third kappa shape index (κ3) is 6.64. The molecule has 0 saturated heterocycles. The van der Waals surface area contributed by atoms with E-state index in [-0.39, 0.29) is 23.6 Å². The maximum absolute atomic E-state index is 12.1. The summed E-state index contributed by atoms with van der Waals surface area (Å²) in [6, 6.07) is 18.1. The summed E-state index contributed by atoms with van der Waals surface area (Å²) in [4.78, 5) is 34.0. The van der Waals surface area contributed by atoms with E-state index in [0.717, 1.165) is 0 Å². The lowest BCUT2D eigenvalue weighted by molar-refractivity contribution is -0.384. The number of benzene rings is 3. The normalized spacial score (nSPS) is 10.5. The van der Waals surface area contributed by atoms with Crippen LogP contribution in [0.4, 0.5) is 5.69 Å². The van der Waals surface area contributed by atoms with E-state index in [4.69, 9.17) is 21.1 Å². The maximum Gasteiger partial charge on any atom is 0.343 e. The van der Waals surface area contributed by atoms with Crippen molar-refractivity contribution in [3.8, 4) is 11.5 Å². The maximum atomic E-state index is 12.1. The van der Waals surface area contributed by atoms with Crippen LogP contribution < -0.4 is 14.9 Å². The molecule has 0 bridgehead atoms. The molecule has 10 heteroatoms. The minimum Gasteiger partial charge on any atom is -0.484 e. The number of nitro groups is 1. The number of carbonyl (C=O) groups is 2. The summed E-state index contributed by atoms with van der Waals surface area (Å²) in [7, 11) is 0. The first-order valence-electron chi connectivity index (χ1n) is 9.18. The van der Waals surface area contributed by atoms with Crippen LogP contribution in [0.25, 0.3) is 0 Å². The van der Waals surface area contributed by atoms with Crippen LogP contribution in [-0.2, 0) is 4.79 Å². The Morgan fingerprint density at radius 1 is 0.969 bits per heavy atom. The molecule has 162 valence electrons. The van der Waals surface area contributed by atoms with Crippen molar-refractivity contribution in [2.75, 3.05) is 6.61 Å². The Morgan fingerprint density at radius 2 is 1.59 bits per heavy atom. The lowest BCUT2D eigenvalue weighted by Crippen LogP contribution is -2.24. The van der Waals surface area contributed by atoms with Crippen LogP contribution >= 0.6 is 11.6 Å². The lowest BCUT2D eigenvalue weighted by Gasteiger charge is -2.05. The Hall–Kier alpha value is -4.24. The van der Waals surface area contributed by atoms with Crippen LogP contribution in [0.2, 0.25) is 5.02 Å². The van der Waals surface area contributed by atoms with E-state index in [9.17, 15) is 19.7 Å². The van der Waals surface area contributed by atoms with Crippen LogP contribution in [0, 0.1) is 10.1 Å². The number of nitrogens with one attached hydrogen (secondary N) is 1. The molecule has 3 aromatic carbocycles. The van der Waals surface area contributed by atoms with Gasteiger partial charge in [0, 0.05) is 17.2 Å². The van der Waals surface area contributed by atoms with Gasteiger partial charge in [0.25, 0.3) is 11.6 Å². The van der Waals surface area contributed by atoms with Crippen molar-refractivity contribution in [3.05, 3.63) is 99.1 Å². The van der Waals surface area contributed by atoms with Crippen LogP contribution in [-0.4, -0.2) is 29.6 Å². The topological polar surface area (TPSA) is 120 Å². The fourth-order valence-electron chi connectivity index (χ4n) is 2.40. The molecular weight excluding hydrogens is 438 g/mol. The highest BCUT2D eigenvalue weighted by atomic mass is 35.5. The minimum absolute atomic E-state index is 0.117. The smallest absolute Gasteiger partial charge is 0.343 e. The van der Waals surface area contributed by atoms with Crippen molar-refractivity contribution >= 4 is 35.4 Å². The van der Waals surface area contributed by atoms with Crippen molar-refractivity contribution in [1.82, 2.24) is 5.43 Å². The Morgan fingerprint density at radius 3 is 2.22 bits per heavy atom. The molecule has 0 aliphatic heterocycles. The van der Waals surface area contributed by atoms with Gasteiger partial charge in [-0.1, -0.05) is 11.6 Å². The molecule has 1 N–H and O–H groups in total. The van der Waals surface area contributed by atoms with Gasteiger partial charge in [-0.15, -0.1) is 0 Å². The SMILES string of the molecule is O=C(COc1ccc(Cl)cc1)N/N=C\c1ccc(OC(=O)c2ccc([N+](=O)[O-])cc2)cc1. The second kappa shape index (κ2) is 10.7. The van der Waals surface area contributed by atoms with E-state index >= 15 is 0 Å². The van der Waals surface area contributed by atoms with Gasteiger partial charge in [-0.2, -0.15) is 5.10 Å². The Labute approximate surface area is 187 Å². The summed E-state index contributed by atoms with van der Waals surface area (Å²) in [5.74, 6) is -0.294. The molecule has 0 fully saturated rings. The Balaban J connectivity index is 1.46. The fourth-order valence-corrected chi connectivity index (χ4v) is 2.52. The molecule has 0 aliphatic rings. The molecule has 32 heavy (non-hydrogen) atoms. The number of hydrogen-bond donors (Lipinski definition) is 1. The molecule has 0 aliphatic carbocycles. The number of nitro benzene ring substituents is 1. The first kappa shape index (κ1) is 22.4. The number of nitrogens with zero attached hydrogens (tertiary/aromatic N) is 2. The predicted octanol–water partition coefficient (Wildman–Crippen LogP) is 4.00. The van der Waals surface area contributed by atoms with E-state index in [0.29, 0.717) is 16.3 Å². The van der Waals surface area contributed by atoms with Gasteiger partial charge in [-0.3, -0.25) is 14.9 Å². The number of halogens is 1. The van der Waals surface area contributed by atoms with E-state index in [1.54, 1.807) is 48.5 Å². The van der Waals surface area contributed by atoms with Crippen LogP contribution in [0.3, 0.4) is 0 Å². The monoisotopic (exact) mass is 453 g/mol. The predicted molar refractivity (Wildman–Crippen MR) is 117 cm³/mol. The fraction of sp³-hybridized carbons (Fsp3) is 0.0455. The molecule has 0 unspecified atom stereocenters. The van der Waals surface area contributed by atoms with Gasteiger partial charge in [0.15, 0.2) is 6.61 Å². The number of hydrazone groups is 1. The summed E-state index contributed by atoms with van der Waals surface area (Å²) in [6.07, 6.45) is 1.42. The number of rotatable bonds is 8. The molecule has 0 heterocycles. The zero-order valence-corrected chi connectivity index (χ0v) is 17.2. The molecule has 1 amide bonds. The average Bonchev–Trinajstić information content (AvgIpc) is 2.80. The van der Waals surface area contributed by atoms with Gasteiger partial charge in [-0.05, 0) is 66.2 Å². The summed E-state index contributed by atoms with van der Waals surface area (Å²) >= 11 is 5.78. The number of ether oxygens (including phenoxy) is 2. The first-order valence-corrected chi connectivity index (χ1v) is 9.55. The van der Waals surface area contributed by atoms with Crippen molar-refractivity contribution in [2.24, 2.45) is 5.10 Å². The van der Waals surface area contributed by atoms with Crippen LogP contribution in [0.1, 0.15) is 15.9 Å². The molecular formula is C22H16ClN3O6. The van der Waals surface area contributed by atoms with Crippen LogP contribution in [0.15, 0.2) is 77.9 Å². The third-order valence-electron chi connectivity index (χ3n) is 3.99. The highest BCUT2D eigenvalue weighted by Gasteiger charge is 2.11. The third-order valence-corrected chi connectivity index (χ3v) is 4.24. The van der Waals surface area contributed by atoms with Gasteiger partial charge in [-0.25, -0.2) is 10.2 Å². The quantitative estimate of drug-likeness (QED) is 0.181. The zero-order chi connectivity index (χ0) is 22.9. The van der Waals surface area contributed by atoms with Crippen LogP contribution in [0.5, 0.6) is 11.5 Å². The molecule has 9 nitrogen and oxygen atoms in total. The van der Waals surface area contributed by atoms with Gasteiger partial charge < -0.3 is 9.47 Å². The lowest BCUT2D eigenvalue weighted by atomic mass is 10.2. The summed E-state index contributed by atoms with van der Waals surface area (Å²) in [6.45, 7) is -0.212. The number of carbonyl (C=O) groups excluding carboxylic acids is 2. The molecule has 0 saturated carbocycles. The zero-order valence-electron chi connectivity index (χ0n) is 16.4. The van der Waals surface area contributed by atoms with Crippen molar-refractivity contribution < 1.29 is 24.0 Å². The second-order valence-electron chi connectivity index (χ2n) is 6.30. The minimum atomic E-state index is -0.644. The van der Waals surface area contributed by atoms with Crippen molar-refractivity contribution in [2.45, 2.75) is 0 Å². The molecule has 3 aromatic rings. The van der Waals surface area contributed by atoms with Gasteiger partial charge in [0.05, 0.1) is 16.7 Å². The molecule has 0 aromatic heterocycles.